The van der Waals surface area contributed by atoms with E-state index in [0.29, 0.717) is 43.5 Å². The van der Waals surface area contributed by atoms with Crippen molar-refractivity contribution >= 4 is 11.7 Å². The lowest BCUT2D eigenvalue weighted by atomic mass is 9.73. The third-order valence-corrected chi connectivity index (χ3v) is 13.2. The number of aromatic hydroxyl groups is 1. The Balaban J connectivity index is 1.49. The molecule has 5 aliphatic rings. The summed E-state index contributed by atoms with van der Waals surface area (Å²) in [6, 6.07) is 12.0. The summed E-state index contributed by atoms with van der Waals surface area (Å²) in [5, 5.41) is 22.7. The lowest BCUT2D eigenvalue weighted by Crippen LogP contribution is -2.33. The number of ketones is 1. The number of benzene rings is 2. The quantitative estimate of drug-likeness (QED) is 0.0614. The summed E-state index contributed by atoms with van der Waals surface area (Å²) in [6.07, 6.45) is 17.9. The fourth-order valence-corrected chi connectivity index (χ4v) is 9.97. The minimum atomic E-state index is -0.320. The number of carbonyl (C=O) groups excluding carboxylic acids is 1. The zero-order valence-electron chi connectivity index (χ0n) is 35.0. The number of phenolic OH excluding ortho intramolecular Hbond substituents is 1. The van der Waals surface area contributed by atoms with Gasteiger partial charge in [0.1, 0.15) is 0 Å². The number of nitrogens with zero attached hydrogens (tertiary/aromatic N) is 1. The number of aliphatic imine (C=N–C) groups is 1. The average molecular weight is 790 g/mol. The minimum Gasteiger partial charge on any atom is -0.504 e. The molecule has 2 bridgehead atoms. The van der Waals surface area contributed by atoms with Gasteiger partial charge in [-0.15, -0.1) is 5.92 Å². The van der Waals surface area contributed by atoms with E-state index in [-0.39, 0.29) is 66.3 Å². The number of phenols is 1. The van der Waals surface area contributed by atoms with Crippen molar-refractivity contribution in [3.63, 3.8) is 0 Å². The minimum absolute atomic E-state index is 0.0131. The summed E-state index contributed by atoms with van der Waals surface area (Å²) in [7, 11) is 1.74. The molecule has 2 fully saturated rings. The molecule has 5 aliphatic carbocycles. The number of methoxy groups -OCH3 is 1. The molecule has 6 atom stereocenters. The molecule has 0 amide bonds. The summed E-state index contributed by atoms with van der Waals surface area (Å²) in [6.45, 7) is 2.65. The molecule has 2 aromatic rings. The Morgan fingerprint density at radius 1 is 0.966 bits per heavy atom. The first-order chi connectivity index (χ1) is 28.2. The predicted octanol–water partition coefficient (Wildman–Crippen LogP) is 8.54. The largest absolute Gasteiger partial charge is 0.504 e. The molecule has 0 aliphatic heterocycles. The van der Waals surface area contributed by atoms with Gasteiger partial charge in [0.15, 0.2) is 23.2 Å². The van der Waals surface area contributed by atoms with Gasteiger partial charge < -0.3 is 31.2 Å². The number of allylic oxidation sites excluding steroid dienone is 1. The Morgan fingerprint density at radius 2 is 1.72 bits per heavy atom. The molecule has 6 N–H and O–H groups in total. The molecular weight excluding hydrogens is 723 g/mol. The van der Waals surface area contributed by atoms with Crippen molar-refractivity contribution in [3.05, 3.63) is 70.3 Å². The lowest BCUT2D eigenvalue weighted by molar-refractivity contribution is -0.114. The molecule has 0 spiro atoms. The Morgan fingerprint density at radius 3 is 2.45 bits per heavy atom. The number of ether oxygens (including phenoxy) is 2. The van der Waals surface area contributed by atoms with Crippen LogP contribution in [0.4, 0.5) is 0 Å². The summed E-state index contributed by atoms with van der Waals surface area (Å²) in [5.74, 6) is 15.7. The SMILES string of the molecule is COC[C@@H]1CC[C@@H](N=C(N)N)[C@H]2C#Cc3c(CCC(=O)/C=C(\CO)CCC4CCCC4)cc(OC4CCCC4)c(O)c3[C@@H]1CC[C@@H](C)CC#C[C@H]2Cc1ccccc1. The monoisotopic (exact) mass is 790 g/mol. The summed E-state index contributed by atoms with van der Waals surface area (Å²) in [5.41, 5.74) is 16.7. The van der Waals surface area contributed by atoms with E-state index < -0.39 is 0 Å². The van der Waals surface area contributed by atoms with Gasteiger partial charge in [-0.25, -0.2) is 4.99 Å². The van der Waals surface area contributed by atoms with Crippen molar-refractivity contribution in [2.24, 2.45) is 46.0 Å². The molecule has 0 heterocycles. The Bertz CT molecular complexity index is 1850. The van der Waals surface area contributed by atoms with Crippen molar-refractivity contribution in [2.45, 2.75) is 141 Å². The van der Waals surface area contributed by atoms with E-state index >= 15 is 0 Å². The first-order valence-electron chi connectivity index (χ1n) is 22.2. The number of aryl methyl sites for hydroxylation is 1. The van der Waals surface area contributed by atoms with Crippen molar-refractivity contribution in [3.8, 4) is 35.2 Å². The molecule has 7 rings (SSSR count). The number of hydrogen-bond donors (Lipinski definition) is 4. The number of nitrogens with two attached hydrogens (primary N) is 2. The second-order valence-corrected chi connectivity index (χ2v) is 17.6. The van der Waals surface area contributed by atoms with Crippen LogP contribution in [0.25, 0.3) is 0 Å². The first kappa shape index (κ1) is 43.3. The van der Waals surface area contributed by atoms with Gasteiger partial charge in [-0.1, -0.05) is 80.7 Å². The van der Waals surface area contributed by atoms with Gasteiger partial charge in [-0.05, 0) is 130 Å². The second kappa shape index (κ2) is 21.7. The summed E-state index contributed by atoms with van der Waals surface area (Å²) < 4.78 is 12.6. The van der Waals surface area contributed by atoms with Crippen LogP contribution in [0.3, 0.4) is 0 Å². The molecule has 2 saturated carbocycles. The topological polar surface area (TPSA) is 140 Å². The third-order valence-electron chi connectivity index (χ3n) is 13.2. The Labute approximate surface area is 347 Å². The fourth-order valence-electron chi connectivity index (χ4n) is 9.97. The van der Waals surface area contributed by atoms with Crippen LogP contribution >= 0.6 is 0 Å². The number of hydrogen-bond acceptors (Lipinski definition) is 6. The smallest absolute Gasteiger partial charge is 0.186 e. The lowest BCUT2D eigenvalue weighted by Gasteiger charge is -2.33. The van der Waals surface area contributed by atoms with Crippen LogP contribution in [0.1, 0.15) is 138 Å². The number of guanidine groups is 1. The number of rotatable bonds is 15. The van der Waals surface area contributed by atoms with Gasteiger partial charge in [0.25, 0.3) is 0 Å². The highest BCUT2D eigenvalue weighted by Crippen LogP contribution is 2.48. The van der Waals surface area contributed by atoms with Crippen molar-refractivity contribution in [1.82, 2.24) is 0 Å². The molecule has 0 saturated heterocycles. The summed E-state index contributed by atoms with van der Waals surface area (Å²) >= 11 is 0. The van der Waals surface area contributed by atoms with Gasteiger partial charge in [-0.3, -0.25) is 4.79 Å². The number of aliphatic hydroxyl groups is 1. The maximum atomic E-state index is 13.7. The van der Waals surface area contributed by atoms with E-state index in [2.05, 4.69) is 54.9 Å². The molecular formula is C50H67N3O5. The number of carbonyl (C=O) groups is 1. The van der Waals surface area contributed by atoms with Gasteiger partial charge in [0.2, 0.25) is 0 Å². The average Bonchev–Trinajstić information content (AvgIpc) is 3.94. The molecule has 8 heteroatoms. The van der Waals surface area contributed by atoms with E-state index in [4.69, 9.17) is 25.9 Å². The van der Waals surface area contributed by atoms with Gasteiger partial charge in [0, 0.05) is 43.6 Å². The van der Waals surface area contributed by atoms with E-state index in [0.717, 1.165) is 86.5 Å². The summed E-state index contributed by atoms with van der Waals surface area (Å²) in [4.78, 5) is 18.6. The van der Waals surface area contributed by atoms with Crippen LogP contribution in [-0.2, 0) is 22.4 Å². The maximum Gasteiger partial charge on any atom is 0.186 e. The number of fused-ring (bicyclic) bond motifs is 8. The Kier molecular flexibility index (Phi) is 16.2. The van der Waals surface area contributed by atoms with E-state index in [1.807, 2.05) is 12.1 Å². The normalized spacial score (nSPS) is 25.4. The van der Waals surface area contributed by atoms with Crippen LogP contribution in [0.5, 0.6) is 11.5 Å². The zero-order chi connectivity index (χ0) is 40.9. The van der Waals surface area contributed by atoms with Crippen LogP contribution in [-0.4, -0.2) is 54.4 Å². The highest BCUT2D eigenvalue weighted by Gasteiger charge is 2.36. The highest BCUT2D eigenvalue weighted by atomic mass is 16.5. The first-order valence-corrected chi connectivity index (χ1v) is 22.2. The molecule has 312 valence electrons. The highest BCUT2D eigenvalue weighted by molar-refractivity contribution is 5.90. The van der Waals surface area contributed by atoms with Crippen LogP contribution in [0.15, 0.2) is 53.0 Å². The van der Waals surface area contributed by atoms with Crippen molar-refractivity contribution in [1.29, 1.82) is 0 Å². The van der Waals surface area contributed by atoms with Crippen LogP contribution in [0.2, 0.25) is 0 Å². The van der Waals surface area contributed by atoms with Crippen molar-refractivity contribution < 1.29 is 24.5 Å². The zero-order valence-corrected chi connectivity index (χ0v) is 35.0. The van der Waals surface area contributed by atoms with E-state index in [9.17, 15) is 15.0 Å². The van der Waals surface area contributed by atoms with Gasteiger partial charge >= 0.3 is 0 Å². The second-order valence-electron chi connectivity index (χ2n) is 17.6. The molecule has 0 unspecified atom stereocenters. The standard InChI is InChI=1S/C50H67N3O5/c1-34-11-10-16-38(29-36-14-4-3-5-15-36)43-26-27-44-39(22-24-41(55)30-37(32-54)21-20-35-12-6-7-13-35)31-47(58-42-17-8-9-18-42)49(56)48(44)45(25-19-34)40(33-57-2)23-28-46(43)53-50(51)52/h3-5,14-15,30-31,34-35,38,40,42-43,45-46,54,56H,6-9,11-13,17-25,28-29,32-33H2,1-2H3,(H4,51,52,53)/b37-30-/t34-,38-,40-,43-,45+,46+/m0/s1. The van der Waals surface area contributed by atoms with E-state index in [1.165, 1.54) is 31.2 Å². The molecule has 58 heavy (non-hydrogen) atoms. The molecule has 2 aromatic carbocycles. The maximum absolute atomic E-state index is 13.7. The number of aliphatic hydroxyl groups excluding tert-OH is 1. The Hall–Kier alpha value is -4.24. The fraction of sp³-hybridized carbons (Fsp3) is 0.600. The molecule has 0 radical (unpaired) electrons. The molecule has 0 aromatic heterocycles. The van der Waals surface area contributed by atoms with Crippen molar-refractivity contribution in [2.75, 3.05) is 20.3 Å². The van der Waals surface area contributed by atoms with Crippen LogP contribution < -0.4 is 16.2 Å². The van der Waals surface area contributed by atoms with Crippen LogP contribution in [0, 0.1) is 53.3 Å². The van der Waals surface area contributed by atoms with Gasteiger partial charge in [-0.2, -0.15) is 0 Å². The molecule has 8 nitrogen and oxygen atoms in total. The van der Waals surface area contributed by atoms with E-state index in [1.54, 1.807) is 13.2 Å². The third kappa shape index (κ3) is 11.9. The predicted molar refractivity (Wildman–Crippen MR) is 232 cm³/mol. The van der Waals surface area contributed by atoms with Gasteiger partial charge in [0.05, 0.1) is 24.7 Å².